The highest BCUT2D eigenvalue weighted by Gasteiger charge is 2.10. The third-order valence-electron chi connectivity index (χ3n) is 3.85. The molecule has 1 aromatic heterocycles. The summed E-state index contributed by atoms with van der Waals surface area (Å²) in [5.41, 5.74) is 1.64. The van der Waals surface area contributed by atoms with E-state index in [1.165, 1.54) is 0 Å². The lowest BCUT2D eigenvalue weighted by Crippen LogP contribution is -2.19. The van der Waals surface area contributed by atoms with Gasteiger partial charge >= 0.3 is 6.03 Å². The average Bonchev–Trinajstić information content (AvgIpc) is 3.11. The molecule has 2 N–H and O–H groups in total. The molecule has 0 saturated carbocycles. The molecule has 0 saturated heterocycles. The van der Waals surface area contributed by atoms with E-state index in [2.05, 4.69) is 15.8 Å². The molecule has 0 fully saturated rings. The van der Waals surface area contributed by atoms with Crippen molar-refractivity contribution in [2.75, 3.05) is 10.6 Å². The number of nitrogens with one attached hydrogen (secondary N) is 2. The fourth-order valence-electron chi connectivity index (χ4n) is 2.68. The highest BCUT2D eigenvalue weighted by Crippen LogP contribution is 2.24. The van der Waals surface area contributed by atoms with Gasteiger partial charge in [0.25, 0.3) is 0 Å². The van der Waals surface area contributed by atoms with E-state index >= 15 is 0 Å². The summed E-state index contributed by atoms with van der Waals surface area (Å²) in [6.07, 6.45) is 0. The van der Waals surface area contributed by atoms with E-state index in [9.17, 15) is 4.79 Å². The van der Waals surface area contributed by atoms with Crippen molar-refractivity contribution in [1.29, 1.82) is 0 Å². The number of hydrogen-bond acceptors (Lipinski definition) is 3. The summed E-state index contributed by atoms with van der Waals surface area (Å²) >= 11 is 0. The van der Waals surface area contributed by atoms with Crippen LogP contribution in [0.5, 0.6) is 0 Å². The first-order valence-corrected chi connectivity index (χ1v) is 7.87. The van der Waals surface area contributed by atoms with E-state index < -0.39 is 0 Å². The molecule has 0 aliphatic rings. The Morgan fingerprint density at radius 2 is 1.60 bits per heavy atom. The normalized spacial score (nSPS) is 10.6. The minimum Gasteiger partial charge on any atom is -0.354 e. The first-order valence-electron chi connectivity index (χ1n) is 7.87. The first kappa shape index (κ1) is 15.0. The van der Waals surface area contributed by atoms with E-state index in [1.54, 1.807) is 6.07 Å². The molecule has 3 aromatic carbocycles. The number of amides is 2. The molecule has 0 spiro atoms. The van der Waals surface area contributed by atoms with Crippen molar-refractivity contribution in [1.82, 2.24) is 5.16 Å². The number of fused-ring (bicyclic) bond motifs is 1. The van der Waals surface area contributed by atoms with Crippen LogP contribution in [0.15, 0.2) is 83.4 Å². The monoisotopic (exact) mass is 329 g/mol. The van der Waals surface area contributed by atoms with Gasteiger partial charge in [0.15, 0.2) is 11.6 Å². The van der Waals surface area contributed by atoms with Gasteiger partial charge in [-0.3, -0.25) is 5.32 Å². The number of benzene rings is 3. The Balaban J connectivity index is 1.50. The predicted octanol–water partition coefficient (Wildman–Crippen LogP) is 5.14. The van der Waals surface area contributed by atoms with Gasteiger partial charge < -0.3 is 9.84 Å². The second-order valence-electron chi connectivity index (χ2n) is 5.55. The van der Waals surface area contributed by atoms with Gasteiger partial charge in [-0.15, -0.1) is 0 Å². The standard InChI is InChI=1S/C20H15N3O2/c24-20(21-17-12-6-10-14-7-4-5-11-16(14)17)22-19-13-18(25-23-19)15-8-2-1-3-9-15/h1-13H,(H2,21,22,23,24). The third-order valence-corrected chi connectivity index (χ3v) is 3.85. The number of anilines is 2. The number of rotatable bonds is 3. The summed E-state index contributed by atoms with van der Waals surface area (Å²) in [5.74, 6) is 0.956. The molecule has 2 amide bonds. The van der Waals surface area contributed by atoms with Gasteiger partial charge in [0.05, 0.1) is 5.69 Å². The maximum atomic E-state index is 12.3. The number of carbonyl (C=O) groups is 1. The fourth-order valence-corrected chi connectivity index (χ4v) is 2.68. The molecule has 0 aliphatic heterocycles. The van der Waals surface area contributed by atoms with Crippen LogP contribution in [0.3, 0.4) is 0 Å². The van der Waals surface area contributed by atoms with Gasteiger partial charge in [-0.05, 0) is 11.5 Å². The van der Waals surface area contributed by atoms with Crippen molar-refractivity contribution in [2.45, 2.75) is 0 Å². The Bertz CT molecular complexity index is 1020. The molecule has 25 heavy (non-hydrogen) atoms. The molecule has 5 heteroatoms. The van der Waals surface area contributed by atoms with E-state index in [1.807, 2.05) is 72.8 Å². The van der Waals surface area contributed by atoms with E-state index in [4.69, 9.17) is 4.52 Å². The number of hydrogen-bond donors (Lipinski definition) is 2. The van der Waals surface area contributed by atoms with E-state index in [-0.39, 0.29) is 6.03 Å². The SMILES string of the molecule is O=C(Nc1cc(-c2ccccc2)on1)Nc1cccc2ccccc12. The molecule has 122 valence electrons. The lowest BCUT2D eigenvalue weighted by molar-refractivity contribution is 0.262. The van der Waals surface area contributed by atoms with Crippen molar-refractivity contribution >= 4 is 28.3 Å². The molecule has 4 aromatic rings. The lowest BCUT2D eigenvalue weighted by atomic mass is 10.1. The second-order valence-corrected chi connectivity index (χ2v) is 5.55. The fraction of sp³-hybridized carbons (Fsp3) is 0. The van der Waals surface area contributed by atoms with Gasteiger partial charge in [0.1, 0.15) is 0 Å². The van der Waals surface area contributed by atoms with Crippen LogP contribution in [0, 0.1) is 0 Å². The third kappa shape index (κ3) is 3.21. The average molecular weight is 329 g/mol. The minimum atomic E-state index is -0.371. The Morgan fingerprint density at radius 1 is 0.840 bits per heavy atom. The van der Waals surface area contributed by atoms with Crippen LogP contribution >= 0.6 is 0 Å². The summed E-state index contributed by atoms with van der Waals surface area (Å²) < 4.78 is 5.28. The number of urea groups is 1. The van der Waals surface area contributed by atoms with Crippen LogP contribution in [0.1, 0.15) is 0 Å². The Labute approximate surface area is 144 Å². The highest BCUT2D eigenvalue weighted by atomic mass is 16.5. The summed E-state index contributed by atoms with van der Waals surface area (Å²) in [4.78, 5) is 12.3. The number of carbonyl (C=O) groups excluding carboxylic acids is 1. The maximum absolute atomic E-state index is 12.3. The summed E-state index contributed by atoms with van der Waals surface area (Å²) in [7, 11) is 0. The van der Waals surface area contributed by atoms with Crippen molar-refractivity contribution < 1.29 is 9.32 Å². The smallest absolute Gasteiger partial charge is 0.324 e. The quantitative estimate of drug-likeness (QED) is 0.547. The van der Waals surface area contributed by atoms with E-state index in [0.717, 1.165) is 22.0 Å². The van der Waals surface area contributed by atoms with Gasteiger partial charge in [-0.25, -0.2) is 4.79 Å². The van der Waals surface area contributed by atoms with Crippen LogP contribution in [0.4, 0.5) is 16.3 Å². The molecule has 1 heterocycles. The van der Waals surface area contributed by atoms with Crippen LogP contribution in [-0.2, 0) is 0 Å². The predicted molar refractivity (Wildman–Crippen MR) is 98.5 cm³/mol. The van der Waals surface area contributed by atoms with Gasteiger partial charge in [-0.1, -0.05) is 71.9 Å². The van der Waals surface area contributed by atoms with E-state index in [0.29, 0.717) is 11.6 Å². The molecular formula is C20H15N3O2. The molecule has 0 aliphatic carbocycles. The zero-order valence-corrected chi connectivity index (χ0v) is 13.3. The van der Waals surface area contributed by atoms with Gasteiger partial charge in [-0.2, -0.15) is 0 Å². The van der Waals surface area contributed by atoms with Gasteiger partial charge in [0, 0.05) is 17.0 Å². The second kappa shape index (κ2) is 6.49. The largest absolute Gasteiger partial charge is 0.354 e. The summed E-state index contributed by atoms with van der Waals surface area (Å²) in [6.45, 7) is 0. The lowest BCUT2D eigenvalue weighted by Gasteiger charge is -2.08. The van der Waals surface area contributed by atoms with Crippen LogP contribution in [0.2, 0.25) is 0 Å². The Morgan fingerprint density at radius 3 is 2.48 bits per heavy atom. The molecule has 4 rings (SSSR count). The molecule has 0 atom stereocenters. The number of nitrogens with zero attached hydrogens (tertiary/aromatic N) is 1. The molecular weight excluding hydrogens is 314 g/mol. The zero-order valence-electron chi connectivity index (χ0n) is 13.3. The minimum absolute atomic E-state index is 0.358. The summed E-state index contributed by atoms with van der Waals surface area (Å²) in [5, 5.41) is 11.5. The molecule has 0 radical (unpaired) electrons. The van der Waals surface area contributed by atoms with Crippen LogP contribution < -0.4 is 10.6 Å². The van der Waals surface area contributed by atoms with Crippen molar-refractivity contribution in [3.63, 3.8) is 0 Å². The summed E-state index contributed by atoms with van der Waals surface area (Å²) in [6, 6.07) is 24.6. The van der Waals surface area contributed by atoms with Crippen LogP contribution in [-0.4, -0.2) is 11.2 Å². The first-order chi connectivity index (χ1) is 12.3. The zero-order chi connectivity index (χ0) is 17.1. The molecule has 5 nitrogen and oxygen atoms in total. The number of aromatic nitrogens is 1. The van der Waals surface area contributed by atoms with Crippen molar-refractivity contribution in [3.05, 3.63) is 78.9 Å². The van der Waals surface area contributed by atoms with Gasteiger partial charge in [0.2, 0.25) is 0 Å². The van der Waals surface area contributed by atoms with Crippen molar-refractivity contribution in [2.24, 2.45) is 0 Å². The molecule has 0 bridgehead atoms. The topological polar surface area (TPSA) is 67.2 Å². The molecule has 0 unspecified atom stereocenters. The van der Waals surface area contributed by atoms with Crippen LogP contribution in [0.25, 0.3) is 22.1 Å². The Kier molecular flexibility index (Phi) is 3.88. The maximum Gasteiger partial charge on any atom is 0.324 e. The highest BCUT2D eigenvalue weighted by molar-refractivity contribution is 6.05. The Hall–Kier alpha value is -3.60. The van der Waals surface area contributed by atoms with Crippen molar-refractivity contribution in [3.8, 4) is 11.3 Å².